The first kappa shape index (κ1) is 41.9. The fourth-order valence-corrected chi connectivity index (χ4v) is 8.20. The van der Waals surface area contributed by atoms with E-state index in [-0.39, 0.29) is 41.7 Å². The van der Waals surface area contributed by atoms with Crippen LogP contribution in [0.15, 0.2) is 36.4 Å². The van der Waals surface area contributed by atoms with Crippen LogP contribution in [0.4, 0.5) is 15.8 Å². The van der Waals surface area contributed by atoms with E-state index in [1.54, 1.807) is 24.3 Å². The second-order valence-corrected chi connectivity index (χ2v) is 15.6. The van der Waals surface area contributed by atoms with Crippen LogP contribution in [0.25, 0.3) is 11.6 Å². The number of hydrogen-bond donors (Lipinski definition) is 6. The third-order valence-electron chi connectivity index (χ3n) is 11.5. The molecule has 0 bridgehead atoms. The van der Waals surface area contributed by atoms with Crippen molar-refractivity contribution in [3.8, 4) is 0 Å². The Balaban J connectivity index is 0.741. The van der Waals surface area contributed by atoms with Gasteiger partial charge in [0.15, 0.2) is 0 Å². The lowest BCUT2D eigenvalue weighted by Crippen LogP contribution is -2.54. The molecule has 4 aliphatic rings. The number of H-pyrrole nitrogens is 1. The molecule has 60 heavy (non-hydrogen) atoms. The molecule has 316 valence electrons. The molecule has 2 fully saturated rings. The number of rotatable bonds is 16. The predicted molar refractivity (Wildman–Crippen MR) is 221 cm³/mol. The number of aromatic nitrogens is 1. The summed E-state index contributed by atoms with van der Waals surface area (Å²) in [5.41, 5.74) is 5.06. The Labute approximate surface area is 346 Å². The molecule has 2 aromatic carbocycles. The van der Waals surface area contributed by atoms with Crippen LogP contribution in [0.1, 0.15) is 92.1 Å². The zero-order valence-corrected chi connectivity index (χ0v) is 33.8. The number of benzene rings is 2. The van der Waals surface area contributed by atoms with E-state index in [9.17, 15) is 38.0 Å². The summed E-state index contributed by atoms with van der Waals surface area (Å²) in [5, 5.41) is 14.3. The van der Waals surface area contributed by atoms with Gasteiger partial charge in [-0.25, -0.2) is 4.39 Å². The highest BCUT2D eigenvalue weighted by Gasteiger charge is 2.44. The molecule has 7 rings (SSSR count). The van der Waals surface area contributed by atoms with Crippen LogP contribution in [0, 0.1) is 19.7 Å². The van der Waals surface area contributed by atoms with Crippen LogP contribution in [-0.4, -0.2) is 126 Å². The number of amides is 7. The molecular formula is C43H50FN9O7. The lowest BCUT2D eigenvalue weighted by Gasteiger charge is -2.34. The number of hydrogen-bond acceptors (Lipinski definition) is 10. The normalized spacial score (nSPS) is 18.7. The molecular weight excluding hydrogens is 774 g/mol. The molecule has 7 amide bonds. The van der Waals surface area contributed by atoms with Crippen molar-refractivity contribution < 1.29 is 38.0 Å². The smallest absolute Gasteiger partial charge is 0.262 e. The summed E-state index contributed by atoms with van der Waals surface area (Å²) in [6, 6.07) is 8.08. The van der Waals surface area contributed by atoms with E-state index in [1.165, 1.54) is 18.2 Å². The molecule has 6 N–H and O–H groups in total. The number of carbonyl (C=O) groups is 7. The van der Waals surface area contributed by atoms with Crippen molar-refractivity contribution in [2.45, 2.75) is 58.4 Å². The summed E-state index contributed by atoms with van der Waals surface area (Å²) >= 11 is 0. The zero-order chi connectivity index (χ0) is 42.5. The van der Waals surface area contributed by atoms with E-state index in [1.807, 2.05) is 13.8 Å². The number of carbonyl (C=O) groups excluding carboxylic acids is 7. The minimum absolute atomic E-state index is 0.00656. The molecule has 17 heteroatoms. The van der Waals surface area contributed by atoms with Gasteiger partial charge in [-0.3, -0.25) is 48.7 Å². The molecule has 1 aromatic heterocycles. The van der Waals surface area contributed by atoms with E-state index in [4.69, 9.17) is 0 Å². The minimum atomic E-state index is -0.999. The first-order valence-corrected chi connectivity index (χ1v) is 20.5. The number of aromatic amines is 1. The Kier molecular flexibility index (Phi) is 12.8. The Morgan fingerprint density at radius 3 is 2.33 bits per heavy atom. The minimum Gasteiger partial charge on any atom is -0.385 e. The second-order valence-electron chi connectivity index (χ2n) is 15.6. The molecule has 0 saturated carbocycles. The van der Waals surface area contributed by atoms with Crippen LogP contribution in [-0.2, 0) is 19.2 Å². The zero-order valence-electron chi connectivity index (χ0n) is 33.8. The molecule has 1 unspecified atom stereocenters. The average molecular weight is 824 g/mol. The topological polar surface area (TPSA) is 205 Å². The van der Waals surface area contributed by atoms with Gasteiger partial charge >= 0.3 is 0 Å². The van der Waals surface area contributed by atoms with E-state index in [2.05, 4.69) is 41.4 Å². The predicted octanol–water partition coefficient (Wildman–Crippen LogP) is 2.80. The first-order chi connectivity index (χ1) is 28.9. The highest BCUT2D eigenvalue weighted by molar-refractivity contribution is 6.35. The van der Waals surface area contributed by atoms with Gasteiger partial charge in [-0.1, -0.05) is 0 Å². The SMILES string of the molecule is Cc1[nH]c(/C=C2\C(=O)Nc3ccc(F)cc32)c(C)c1C(=O)NCCCN1CCN(CC(=O)NCCCCCNc2ccc3c(c2)C(=O)N(C2CCC(=O)NC2=O)C3=O)CC1. The van der Waals surface area contributed by atoms with Crippen molar-refractivity contribution in [3.05, 3.63) is 81.4 Å². The van der Waals surface area contributed by atoms with Crippen LogP contribution in [0.2, 0.25) is 0 Å². The number of nitrogens with one attached hydrogen (secondary N) is 6. The van der Waals surface area contributed by atoms with Crippen LogP contribution in [0.5, 0.6) is 0 Å². The van der Waals surface area contributed by atoms with Crippen molar-refractivity contribution in [2.24, 2.45) is 0 Å². The molecule has 5 heterocycles. The van der Waals surface area contributed by atoms with Gasteiger partial charge in [0.05, 0.1) is 28.8 Å². The maximum atomic E-state index is 13.9. The summed E-state index contributed by atoms with van der Waals surface area (Å²) in [5.74, 6) is -3.09. The number of halogens is 1. The number of nitrogens with zero attached hydrogens (tertiary/aromatic N) is 3. The van der Waals surface area contributed by atoms with E-state index in [0.29, 0.717) is 71.2 Å². The van der Waals surface area contributed by atoms with Gasteiger partial charge in [-0.05, 0) is 101 Å². The molecule has 0 radical (unpaired) electrons. The molecule has 3 aromatic rings. The van der Waals surface area contributed by atoms with E-state index < -0.39 is 35.5 Å². The summed E-state index contributed by atoms with van der Waals surface area (Å²) in [7, 11) is 0. The van der Waals surface area contributed by atoms with Gasteiger partial charge in [0, 0.05) is 80.6 Å². The number of imide groups is 2. The summed E-state index contributed by atoms with van der Waals surface area (Å²) < 4.78 is 13.9. The Bertz CT molecular complexity index is 2260. The van der Waals surface area contributed by atoms with Crippen molar-refractivity contribution >= 4 is 64.4 Å². The van der Waals surface area contributed by atoms with Gasteiger partial charge in [0.25, 0.3) is 23.6 Å². The van der Waals surface area contributed by atoms with Crippen molar-refractivity contribution in [2.75, 3.05) is 69.5 Å². The number of piperazine rings is 1. The number of unbranched alkanes of at least 4 members (excludes halogenated alkanes) is 2. The second kappa shape index (κ2) is 18.4. The highest BCUT2D eigenvalue weighted by atomic mass is 19.1. The lowest BCUT2D eigenvalue weighted by molar-refractivity contribution is -0.136. The fourth-order valence-electron chi connectivity index (χ4n) is 8.20. The number of anilines is 2. The molecule has 1 atom stereocenters. The van der Waals surface area contributed by atoms with Gasteiger partial charge in [-0.2, -0.15) is 0 Å². The van der Waals surface area contributed by atoms with Crippen molar-refractivity contribution in [1.82, 2.24) is 35.6 Å². The lowest BCUT2D eigenvalue weighted by atomic mass is 10.0. The Morgan fingerprint density at radius 2 is 1.55 bits per heavy atom. The quantitative estimate of drug-likeness (QED) is 0.0709. The Morgan fingerprint density at radius 1 is 0.817 bits per heavy atom. The fraction of sp³-hybridized carbons (Fsp3) is 0.419. The standard InChI is InChI=1S/C43H50FN9O7/c1-25-34(23-31-30-21-27(44)7-10-33(30)49-39(31)56)48-26(2)38(25)41(58)47-15-6-16-51-17-19-52(20-18-51)24-37(55)46-14-5-3-4-13-45-28-8-9-29-32(22-28)43(60)53(42(29)59)35-11-12-36(54)50-40(35)57/h7-10,21-23,35,45,48H,3-6,11-20,24H2,1-2H3,(H,46,55)(H,47,58)(H,49,56)(H,50,54,57)/b31-23-. The third-order valence-corrected chi connectivity index (χ3v) is 11.5. The van der Waals surface area contributed by atoms with Crippen LogP contribution in [0.3, 0.4) is 0 Å². The van der Waals surface area contributed by atoms with Gasteiger partial charge in [0.1, 0.15) is 11.9 Å². The highest BCUT2D eigenvalue weighted by Crippen LogP contribution is 2.35. The maximum Gasteiger partial charge on any atom is 0.262 e. The molecule has 0 aliphatic carbocycles. The third kappa shape index (κ3) is 9.31. The maximum absolute atomic E-state index is 13.9. The molecule has 0 spiro atoms. The molecule has 16 nitrogen and oxygen atoms in total. The van der Waals surface area contributed by atoms with E-state index >= 15 is 0 Å². The number of fused-ring (bicyclic) bond motifs is 2. The summed E-state index contributed by atoms with van der Waals surface area (Å²) in [6.07, 6.45) is 5.12. The van der Waals surface area contributed by atoms with Crippen molar-refractivity contribution in [1.29, 1.82) is 0 Å². The van der Waals surface area contributed by atoms with Gasteiger partial charge < -0.3 is 31.2 Å². The molecule has 2 saturated heterocycles. The van der Waals surface area contributed by atoms with E-state index in [0.717, 1.165) is 63.3 Å². The average Bonchev–Trinajstić information content (AvgIpc) is 3.78. The van der Waals surface area contributed by atoms with Crippen LogP contribution < -0.4 is 26.6 Å². The van der Waals surface area contributed by atoms with Gasteiger partial charge in [-0.15, -0.1) is 0 Å². The van der Waals surface area contributed by atoms with Crippen LogP contribution >= 0.6 is 0 Å². The largest absolute Gasteiger partial charge is 0.385 e. The number of piperidine rings is 1. The number of aryl methyl sites for hydroxylation is 1. The molecule has 4 aliphatic heterocycles. The van der Waals surface area contributed by atoms with Gasteiger partial charge in [0.2, 0.25) is 17.7 Å². The Hall–Kier alpha value is -6.20. The van der Waals surface area contributed by atoms with Crippen molar-refractivity contribution in [3.63, 3.8) is 0 Å². The summed E-state index contributed by atoms with van der Waals surface area (Å²) in [4.78, 5) is 96.8. The summed E-state index contributed by atoms with van der Waals surface area (Å²) in [6.45, 7) is 9.71. The monoisotopic (exact) mass is 823 g/mol. The first-order valence-electron chi connectivity index (χ1n) is 20.5.